The molecule has 1 rings (SSSR count). The molecule has 0 aromatic heterocycles. The quantitative estimate of drug-likeness (QED) is 0.385. The molecule has 0 saturated carbocycles. The average Bonchev–Trinajstić information content (AvgIpc) is 2.29. The third-order valence-electron chi connectivity index (χ3n) is 2.05. The lowest BCUT2D eigenvalue weighted by Crippen LogP contribution is -2.20. The first-order chi connectivity index (χ1) is 8.82. The fourth-order valence-corrected chi connectivity index (χ4v) is 1.38. The molecule has 0 atom stereocenters. The van der Waals surface area contributed by atoms with Crippen molar-refractivity contribution in [1.29, 1.82) is 0 Å². The maximum absolute atomic E-state index is 11.1. The van der Waals surface area contributed by atoms with Gasteiger partial charge >= 0.3 is 0 Å². The first kappa shape index (κ1) is 14.8. The summed E-state index contributed by atoms with van der Waals surface area (Å²) in [5.41, 5.74) is 2.08. The van der Waals surface area contributed by atoms with E-state index in [4.69, 9.17) is 11.6 Å². The van der Waals surface area contributed by atoms with E-state index >= 15 is 0 Å². The van der Waals surface area contributed by atoms with Gasteiger partial charge in [-0.15, -0.1) is 0 Å². The van der Waals surface area contributed by atoms with Crippen molar-refractivity contribution in [3.8, 4) is 0 Å². The molecule has 0 bridgehead atoms. The molecular formula is C11H9ClN3O4. The van der Waals surface area contributed by atoms with Crippen LogP contribution in [-0.2, 0) is 9.59 Å². The van der Waals surface area contributed by atoms with E-state index in [1.807, 2.05) is 0 Å². The van der Waals surface area contributed by atoms with Crippen LogP contribution in [-0.4, -0.2) is 22.2 Å². The van der Waals surface area contributed by atoms with Gasteiger partial charge in [0.25, 0.3) is 5.69 Å². The number of carbonyl (C=O) groups is 2. The van der Waals surface area contributed by atoms with E-state index in [2.05, 4.69) is 17.5 Å². The summed E-state index contributed by atoms with van der Waals surface area (Å²) in [4.78, 5) is 32.0. The number of carbonyl (C=O) groups excluding carboxylic acids is 2. The van der Waals surface area contributed by atoms with Gasteiger partial charge in [0, 0.05) is 26.0 Å². The highest BCUT2D eigenvalue weighted by Crippen LogP contribution is 2.26. The Labute approximate surface area is 113 Å². The number of ketones is 2. The van der Waals surface area contributed by atoms with Crippen LogP contribution in [0, 0.1) is 17.0 Å². The predicted octanol–water partition coefficient (Wildman–Crippen LogP) is 2.01. The summed E-state index contributed by atoms with van der Waals surface area (Å²) in [5, 5.41) is 14.1. The van der Waals surface area contributed by atoms with Crippen molar-refractivity contribution >= 4 is 40.3 Å². The minimum absolute atomic E-state index is 0.0392. The predicted molar refractivity (Wildman–Crippen MR) is 70.2 cm³/mol. The molecule has 0 unspecified atom stereocenters. The summed E-state index contributed by atoms with van der Waals surface area (Å²) in [6, 6.07) is 3.65. The van der Waals surface area contributed by atoms with Crippen LogP contribution in [0.4, 0.5) is 11.4 Å². The number of rotatable bonds is 5. The van der Waals surface area contributed by atoms with E-state index in [1.54, 1.807) is 0 Å². The van der Waals surface area contributed by atoms with Gasteiger partial charge in [-0.05, 0) is 6.07 Å². The lowest BCUT2D eigenvalue weighted by molar-refractivity contribution is -0.384. The van der Waals surface area contributed by atoms with Crippen LogP contribution in [0.25, 0.3) is 0 Å². The van der Waals surface area contributed by atoms with Crippen LogP contribution in [0.2, 0.25) is 5.02 Å². The molecule has 0 amide bonds. The Morgan fingerprint density at radius 1 is 1.47 bits per heavy atom. The number of hydrogen-bond donors (Lipinski definition) is 1. The van der Waals surface area contributed by atoms with Crippen molar-refractivity contribution < 1.29 is 14.5 Å². The van der Waals surface area contributed by atoms with Gasteiger partial charge in [-0.1, -0.05) is 11.6 Å². The minimum atomic E-state index is -0.738. The molecule has 1 radical (unpaired) electrons. The largest absolute Gasteiger partial charge is 0.293 e. The van der Waals surface area contributed by atoms with Crippen molar-refractivity contribution in [2.24, 2.45) is 5.10 Å². The van der Waals surface area contributed by atoms with E-state index in [9.17, 15) is 19.7 Å². The van der Waals surface area contributed by atoms with E-state index in [-0.39, 0.29) is 22.1 Å². The zero-order chi connectivity index (χ0) is 14.6. The number of nitrogens with one attached hydrogen (secondary N) is 1. The maximum atomic E-state index is 11.1. The van der Waals surface area contributed by atoms with Gasteiger partial charge in [0.1, 0.15) is 0 Å². The second-order valence-corrected chi connectivity index (χ2v) is 3.88. The fraction of sp³-hybridized carbons (Fsp3) is 0.0909. The highest BCUT2D eigenvalue weighted by atomic mass is 35.5. The third-order valence-corrected chi connectivity index (χ3v) is 2.36. The minimum Gasteiger partial charge on any atom is -0.293 e. The SMILES string of the molecule is [CH2]C(=O)C(=NNc1ccc([N+](=O)[O-])cc1Cl)C(C)=O. The monoisotopic (exact) mass is 282 g/mol. The van der Waals surface area contributed by atoms with Crippen LogP contribution in [0.5, 0.6) is 0 Å². The highest BCUT2D eigenvalue weighted by molar-refractivity contribution is 6.66. The van der Waals surface area contributed by atoms with Crippen molar-refractivity contribution in [2.75, 3.05) is 5.43 Å². The topological polar surface area (TPSA) is 102 Å². The first-order valence-corrected chi connectivity index (χ1v) is 5.35. The normalized spacial score (nSPS) is 11.0. The molecule has 1 aromatic carbocycles. The highest BCUT2D eigenvalue weighted by Gasteiger charge is 2.13. The van der Waals surface area contributed by atoms with E-state index in [0.29, 0.717) is 0 Å². The Balaban J connectivity index is 3.01. The number of anilines is 1. The van der Waals surface area contributed by atoms with E-state index in [1.165, 1.54) is 19.1 Å². The molecule has 99 valence electrons. The first-order valence-electron chi connectivity index (χ1n) is 4.97. The van der Waals surface area contributed by atoms with Gasteiger partial charge < -0.3 is 0 Å². The molecule has 0 aliphatic rings. The molecule has 8 heteroatoms. The zero-order valence-corrected chi connectivity index (χ0v) is 10.6. The summed E-state index contributed by atoms with van der Waals surface area (Å²) in [6.45, 7) is 4.25. The standard InChI is InChI=1S/C11H9ClN3O4/c1-6(16)11(7(2)17)14-13-10-4-3-8(15(18)19)5-9(10)12/h3-5,13H,1H2,2H3. The Morgan fingerprint density at radius 3 is 2.53 bits per heavy atom. The van der Waals surface area contributed by atoms with Crippen molar-refractivity contribution in [1.82, 2.24) is 0 Å². The van der Waals surface area contributed by atoms with E-state index < -0.39 is 16.5 Å². The number of nitrogens with zero attached hydrogens (tertiary/aromatic N) is 2. The molecule has 0 saturated heterocycles. The number of nitro groups is 1. The molecule has 0 aliphatic heterocycles. The Kier molecular flexibility index (Phi) is 4.71. The number of Topliss-reactive ketones (excluding diaryl/α,β-unsaturated/α-hetero) is 2. The Hall–Kier alpha value is -2.28. The molecule has 0 aliphatic carbocycles. The second-order valence-electron chi connectivity index (χ2n) is 3.47. The van der Waals surface area contributed by atoms with Gasteiger partial charge in [0.05, 0.1) is 15.6 Å². The number of non-ortho nitro benzene ring substituents is 1. The van der Waals surface area contributed by atoms with Gasteiger partial charge in [0.15, 0.2) is 17.3 Å². The molecular weight excluding hydrogens is 274 g/mol. The number of hydrazone groups is 1. The van der Waals surface area contributed by atoms with Crippen LogP contribution >= 0.6 is 11.6 Å². The van der Waals surface area contributed by atoms with Crippen LogP contribution < -0.4 is 5.43 Å². The summed E-state index contributed by atoms with van der Waals surface area (Å²) >= 11 is 5.79. The number of nitro benzene ring substituents is 1. The van der Waals surface area contributed by atoms with Gasteiger partial charge in [-0.3, -0.25) is 25.1 Å². The average molecular weight is 283 g/mol. The third kappa shape index (κ3) is 3.85. The van der Waals surface area contributed by atoms with Crippen LogP contribution in [0.3, 0.4) is 0 Å². The smallest absolute Gasteiger partial charge is 0.271 e. The van der Waals surface area contributed by atoms with Crippen molar-refractivity contribution in [3.63, 3.8) is 0 Å². The number of benzene rings is 1. The van der Waals surface area contributed by atoms with Gasteiger partial charge in [0.2, 0.25) is 0 Å². The number of halogens is 1. The molecule has 1 N–H and O–H groups in total. The lowest BCUT2D eigenvalue weighted by Gasteiger charge is -2.04. The molecule has 19 heavy (non-hydrogen) atoms. The molecule has 0 fully saturated rings. The lowest BCUT2D eigenvalue weighted by atomic mass is 10.2. The summed E-state index contributed by atoms with van der Waals surface area (Å²) in [7, 11) is 0. The summed E-state index contributed by atoms with van der Waals surface area (Å²) < 4.78 is 0. The molecule has 1 aromatic rings. The molecule has 0 heterocycles. The van der Waals surface area contributed by atoms with E-state index in [0.717, 1.165) is 6.07 Å². The molecule has 0 spiro atoms. The van der Waals surface area contributed by atoms with Crippen molar-refractivity contribution in [2.45, 2.75) is 6.92 Å². The maximum Gasteiger partial charge on any atom is 0.271 e. The van der Waals surface area contributed by atoms with Gasteiger partial charge in [-0.25, -0.2) is 0 Å². The Morgan fingerprint density at radius 2 is 2.11 bits per heavy atom. The fourth-order valence-electron chi connectivity index (χ4n) is 1.16. The van der Waals surface area contributed by atoms with Crippen molar-refractivity contribution in [3.05, 3.63) is 40.3 Å². The molecule has 7 nitrogen and oxygen atoms in total. The second kappa shape index (κ2) is 6.05. The van der Waals surface area contributed by atoms with Crippen LogP contribution in [0.15, 0.2) is 23.3 Å². The van der Waals surface area contributed by atoms with Crippen LogP contribution in [0.1, 0.15) is 6.92 Å². The van der Waals surface area contributed by atoms with Gasteiger partial charge in [-0.2, -0.15) is 5.10 Å². The summed E-state index contributed by atoms with van der Waals surface area (Å²) in [6.07, 6.45) is 0. The number of hydrogen-bond acceptors (Lipinski definition) is 6. The zero-order valence-electron chi connectivity index (χ0n) is 9.84. The summed E-state index contributed by atoms with van der Waals surface area (Å²) in [5.74, 6) is -1.29. The Bertz CT molecular complexity index is 567.